The zero-order valence-corrected chi connectivity index (χ0v) is 10.5. The molecule has 1 amide bonds. The van der Waals surface area contributed by atoms with Gasteiger partial charge in [0.25, 0.3) is 0 Å². The van der Waals surface area contributed by atoms with Gasteiger partial charge in [-0.3, -0.25) is 4.79 Å². The fraction of sp³-hybridized carbons (Fsp3) is 0.909. The molecule has 0 radical (unpaired) electrons. The number of hydrogen-bond acceptors (Lipinski definition) is 3. The molecule has 1 aliphatic carbocycles. The van der Waals surface area contributed by atoms with Crippen molar-refractivity contribution >= 4 is 17.7 Å². The second kappa shape index (κ2) is 5.75. The number of rotatable bonds is 5. The third-order valence-electron chi connectivity index (χ3n) is 3.06. The van der Waals surface area contributed by atoms with Crippen LogP contribution in [-0.4, -0.2) is 29.5 Å². The highest BCUT2D eigenvalue weighted by molar-refractivity contribution is 8.00. The molecule has 1 aliphatic rings. The van der Waals surface area contributed by atoms with Gasteiger partial charge >= 0.3 is 0 Å². The number of carbonyl (C=O) groups is 1. The van der Waals surface area contributed by atoms with Crippen molar-refractivity contribution in [3.63, 3.8) is 0 Å². The molecule has 0 aromatic rings. The SMILES string of the molecule is CSC1(CNC(=O)CC(C)N)CCCC1. The normalized spacial score (nSPS) is 21.3. The maximum absolute atomic E-state index is 11.5. The smallest absolute Gasteiger partial charge is 0.221 e. The molecular weight excluding hydrogens is 208 g/mol. The average Bonchev–Trinajstić information content (AvgIpc) is 2.63. The largest absolute Gasteiger partial charge is 0.355 e. The molecule has 1 rings (SSSR count). The van der Waals surface area contributed by atoms with E-state index in [0.717, 1.165) is 6.54 Å². The molecule has 1 atom stereocenters. The van der Waals surface area contributed by atoms with Crippen LogP contribution in [0.25, 0.3) is 0 Å². The molecule has 1 fully saturated rings. The van der Waals surface area contributed by atoms with Gasteiger partial charge in [0.05, 0.1) is 0 Å². The van der Waals surface area contributed by atoms with E-state index in [-0.39, 0.29) is 11.9 Å². The van der Waals surface area contributed by atoms with Gasteiger partial charge < -0.3 is 11.1 Å². The van der Waals surface area contributed by atoms with Gasteiger partial charge in [0.1, 0.15) is 0 Å². The molecule has 0 saturated heterocycles. The Morgan fingerprint density at radius 1 is 1.53 bits per heavy atom. The summed E-state index contributed by atoms with van der Waals surface area (Å²) in [5.41, 5.74) is 5.58. The van der Waals surface area contributed by atoms with E-state index in [0.29, 0.717) is 11.2 Å². The fourth-order valence-electron chi connectivity index (χ4n) is 2.10. The first-order chi connectivity index (χ1) is 7.08. The maximum Gasteiger partial charge on any atom is 0.221 e. The van der Waals surface area contributed by atoms with E-state index in [9.17, 15) is 4.79 Å². The van der Waals surface area contributed by atoms with Gasteiger partial charge in [0, 0.05) is 23.8 Å². The Bertz CT molecular complexity index is 213. The van der Waals surface area contributed by atoms with Crippen LogP contribution >= 0.6 is 11.8 Å². The van der Waals surface area contributed by atoms with Crippen LogP contribution in [0.2, 0.25) is 0 Å². The van der Waals surface area contributed by atoms with Crippen LogP contribution in [0.3, 0.4) is 0 Å². The van der Waals surface area contributed by atoms with Crippen molar-refractivity contribution in [1.29, 1.82) is 0 Å². The van der Waals surface area contributed by atoms with E-state index in [1.807, 2.05) is 18.7 Å². The zero-order valence-electron chi connectivity index (χ0n) is 9.71. The number of thioether (sulfide) groups is 1. The van der Waals surface area contributed by atoms with Crippen LogP contribution in [0.5, 0.6) is 0 Å². The van der Waals surface area contributed by atoms with Crippen molar-refractivity contribution < 1.29 is 4.79 Å². The van der Waals surface area contributed by atoms with E-state index >= 15 is 0 Å². The molecule has 1 saturated carbocycles. The van der Waals surface area contributed by atoms with Crippen molar-refractivity contribution in [3.8, 4) is 0 Å². The molecule has 3 nitrogen and oxygen atoms in total. The Morgan fingerprint density at radius 3 is 2.60 bits per heavy atom. The minimum Gasteiger partial charge on any atom is -0.355 e. The topological polar surface area (TPSA) is 55.1 Å². The summed E-state index contributed by atoms with van der Waals surface area (Å²) < 4.78 is 0.299. The molecule has 1 unspecified atom stereocenters. The average molecular weight is 230 g/mol. The monoisotopic (exact) mass is 230 g/mol. The molecule has 0 aromatic heterocycles. The fourth-order valence-corrected chi connectivity index (χ4v) is 3.01. The second-order valence-corrected chi connectivity index (χ2v) is 5.83. The number of nitrogens with two attached hydrogens (primary N) is 1. The van der Waals surface area contributed by atoms with E-state index in [4.69, 9.17) is 5.73 Å². The summed E-state index contributed by atoms with van der Waals surface area (Å²) in [5, 5.41) is 3.01. The van der Waals surface area contributed by atoms with Crippen molar-refractivity contribution in [3.05, 3.63) is 0 Å². The van der Waals surface area contributed by atoms with Gasteiger partial charge in [-0.05, 0) is 26.0 Å². The van der Waals surface area contributed by atoms with E-state index < -0.39 is 0 Å². The van der Waals surface area contributed by atoms with Crippen LogP contribution in [-0.2, 0) is 4.79 Å². The summed E-state index contributed by atoms with van der Waals surface area (Å²) in [7, 11) is 0. The lowest BCUT2D eigenvalue weighted by molar-refractivity contribution is -0.121. The van der Waals surface area contributed by atoms with E-state index in [1.165, 1.54) is 25.7 Å². The van der Waals surface area contributed by atoms with Crippen LogP contribution in [0, 0.1) is 0 Å². The molecular formula is C11H22N2OS. The minimum absolute atomic E-state index is 0.0428. The van der Waals surface area contributed by atoms with E-state index in [1.54, 1.807) is 0 Å². The Kier molecular flexibility index (Phi) is 4.93. The quantitative estimate of drug-likeness (QED) is 0.753. The molecule has 3 N–H and O–H groups in total. The van der Waals surface area contributed by atoms with Crippen LogP contribution < -0.4 is 11.1 Å². The molecule has 0 aliphatic heterocycles. The second-order valence-electron chi connectivity index (χ2n) is 4.55. The summed E-state index contributed by atoms with van der Waals surface area (Å²) in [5.74, 6) is 0.0883. The van der Waals surface area contributed by atoms with Crippen LogP contribution in [0.1, 0.15) is 39.0 Å². The van der Waals surface area contributed by atoms with Crippen molar-refractivity contribution in [2.45, 2.75) is 49.8 Å². The lowest BCUT2D eigenvalue weighted by atomic mass is 10.1. The number of nitrogens with one attached hydrogen (secondary N) is 1. The highest BCUT2D eigenvalue weighted by Crippen LogP contribution is 2.39. The van der Waals surface area contributed by atoms with Crippen LogP contribution in [0.15, 0.2) is 0 Å². The predicted octanol–water partition coefficient (Wildman–Crippen LogP) is 1.52. The van der Waals surface area contributed by atoms with Gasteiger partial charge in [-0.1, -0.05) is 12.8 Å². The summed E-state index contributed by atoms with van der Waals surface area (Å²) in [6, 6.07) is -0.0428. The summed E-state index contributed by atoms with van der Waals surface area (Å²) in [6.07, 6.45) is 7.63. The van der Waals surface area contributed by atoms with Crippen molar-refractivity contribution in [1.82, 2.24) is 5.32 Å². The number of hydrogen-bond donors (Lipinski definition) is 2. The van der Waals surface area contributed by atoms with Gasteiger partial charge in [0.2, 0.25) is 5.91 Å². The van der Waals surface area contributed by atoms with Crippen LogP contribution in [0.4, 0.5) is 0 Å². The zero-order chi connectivity index (χ0) is 11.3. The van der Waals surface area contributed by atoms with E-state index in [2.05, 4.69) is 11.6 Å². The number of carbonyl (C=O) groups excluding carboxylic acids is 1. The molecule has 0 bridgehead atoms. The third kappa shape index (κ3) is 4.03. The van der Waals surface area contributed by atoms with Gasteiger partial charge in [-0.2, -0.15) is 11.8 Å². The molecule has 15 heavy (non-hydrogen) atoms. The Balaban J connectivity index is 2.31. The van der Waals surface area contributed by atoms with Gasteiger partial charge in [0.15, 0.2) is 0 Å². The molecule has 4 heteroatoms. The van der Waals surface area contributed by atoms with Gasteiger partial charge in [-0.25, -0.2) is 0 Å². The predicted molar refractivity (Wildman–Crippen MR) is 66.0 cm³/mol. The first-order valence-electron chi connectivity index (χ1n) is 5.65. The molecule has 0 spiro atoms. The summed E-state index contributed by atoms with van der Waals surface area (Å²) in [4.78, 5) is 11.5. The van der Waals surface area contributed by atoms with Crippen molar-refractivity contribution in [2.24, 2.45) is 5.73 Å². The Labute approximate surface area is 96.6 Å². The standard InChI is InChI=1S/C11H22N2OS/c1-9(12)7-10(14)13-8-11(15-2)5-3-4-6-11/h9H,3-8,12H2,1-2H3,(H,13,14). The lowest BCUT2D eigenvalue weighted by Gasteiger charge is -2.27. The van der Waals surface area contributed by atoms with Crippen molar-refractivity contribution in [2.75, 3.05) is 12.8 Å². The highest BCUT2D eigenvalue weighted by Gasteiger charge is 2.33. The lowest BCUT2D eigenvalue weighted by Crippen LogP contribution is -2.40. The molecule has 88 valence electrons. The maximum atomic E-state index is 11.5. The summed E-state index contributed by atoms with van der Waals surface area (Å²) >= 11 is 1.89. The third-order valence-corrected chi connectivity index (χ3v) is 4.48. The summed E-state index contributed by atoms with van der Waals surface area (Å²) in [6.45, 7) is 2.67. The molecule has 0 aromatic carbocycles. The Hall–Kier alpha value is -0.220. The Morgan fingerprint density at radius 2 is 2.13 bits per heavy atom. The molecule has 0 heterocycles. The number of amides is 1. The minimum atomic E-state index is -0.0428. The highest BCUT2D eigenvalue weighted by atomic mass is 32.2. The first-order valence-corrected chi connectivity index (χ1v) is 6.88. The first kappa shape index (κ1) is 12.8. The van der Waals surface area contributed by atoms with Gasteiger partial charge in [-0.15, -0.1) is 0 Å².